The van der Waals surface area contributed by atoms with Crippen LogP contribution in [0.15, 0.2) is 61.7 Å². The third-order valence-electron chi connectivity index (χ3n) is 4.21. The first-order chi connectivity index (χ1) is 13.9. The van der Waals surface area contributed by atoms with Gasteiger partial charge in [0.25, 0.3) is 5.91 Å². The summed E-state index contributed by atoms with van der Waals surface area (Å²) in [4.78, 5) is 28.6. The van der Waals surface area contributed by atoms with Gasteiger partial charge in [-0.3, -0.25) is 14.5 Å². The summed E-state index contributed by atoms with van der Waals surface area (Å²) >= 11 is 20.2. The van der Waals surface area contributed by atoms with E-state index < -0.39 is 0 Å². The van der Waals surface area contributed by atoms with Crippen molar-refractivity contribution < 1.29 is 9.21 Å². The van der Waals surface area contributed by atoms with Gasteiger partial charge in [0.2, 0.25) is 0 Å². The van der Waals surface area contributed by atoms with Crippen LogP contribution < -0.4 is 10.3 Å². The number of benzene rings is 2. The Morgan fingerprint density at radius 2 is 2.00 bits per heavy atom. The van der Waals surface area contributed by atoms with E-state index in [0.717, 1.165) is 16.7 Å². The topological polar surface area (TPSA) is 50.5 Å². The molecule has 9 heteroatoms. The number of fused-ring (bicyclic) bond motifs is 1. The molecule has 1 aromatic heterocycles. The van der Waals surface area contributed by atoms with Gasteiger partial charge in [-0.1, -0.05) is 53.2 Å². The average molecular weight is 480 g/mol. The molecule has 146 valence electrons. The Bertz CT molecular complexity index is 1270. The van der Waals surface area contributed by atoms with Gasteiger partial charge in [0.15, 0.2) is 15.3 Å². The van der Waals surface area contributed by atoms with Crippen LogP contribution >= 0.6 is 58.9 Å². The number of hydrogen-bond donors (Lipinski definition) is 0. The minimum Gasteiger partial charge on any atom is -0.462 e. The fourth-order valence-corrected chi connectivity index (χ4v) is 5.14. The van der Waals surface area contributed by atoms with Crippen molar-refractivity contribution in [1.29, 1.82) is 0 Å². The second kappa shape index (κ2) is 8.16. The summed E-state index contributed by atoms with van der Waals surface area (Å²) in [6, 6.07) is 10.5. The molecule has 2 aromatic carbocycles. The largest absolute Gasteiger partial charge is 0.462 e. The molecule has 29 heavy (non-hydrogen) atoms. The number of halogens is 2. The summed E-state index contributed by atoms with van der Waals surface area (Å²) in [5, 5.41) is 0.822. The first-order valence-corrected chi connectivity index (χ1v) is 11.4. The van der Waals surface area contributed by atoms with Gasteiger partial charge in [-0.05, 0) is 42.7 Å². The van der Waals surface area contributed by atoms with Crippen LogP contribution in [0.2, 0.25) is 10.0 Å². The Morgan fingerprint density at radius 1 is 1.21 bits per heavy atom. The maximum absolute atomic E-state index is 13.0. The molecule has 1 saturated heterocycles. The van der Waals surface area contributed by atoms with Gasteiger partial charge >= 0.3 is 0 Å². The lowest BCUT2D eigenvalue weighted by Gasteiger charge is -2.15. The van der Waals surface area contributed by atoms with Gasteiger partial charge in [-0.2, -0.15) is 0 Å². The van der Waals surface area contributed by atoms with Gasteiger partial charge in [0.05, 0.1) is 26.6 Å². The number of carbonyl (C=O) groups excluding carboxylic acids is 1. The van der Waals surface area contributed by atoms with Crippen molar-refractivity contribution >= 4 is 91.9 Å². The summed E-state index contributed by atoms with van der Waals surface area (Å²) in [6.07, 6.45) is 4.73. The van der Waals surface area contributed by atoms with Crippen LogP contribution in [-0.2, 0) is 4.79 Å². The zero-order valence-electron chi connectivity index (χ0n) is 14.8. The van der Waals surface area contributed by atoms with Crippen LogP contribution in [0, 0.1) is 0 Å². The molecule has 0 atom stereocenters. The van der Waals surface area contributed by atoms with E-state index in [1.165, 1.54) is 29.4 Å². The number of thiocarbonyl (C=S) groups is 1. The Hall–Kier alpha value is -1.77. The average Bonchev–Trinajstić information content (AvgIpc) is 2.97. The van der Waals surface area contributed by atoms with Crippen molar-refractivity contribution in [3.8, 4) is 0 Å². The summed E-state index contributed by atoms with van der Waals surface area (Å²) in [6.45, 7) is 0. The zero-order valence-corrected chi connectivity index (χ0v) is 18.7. The molecule has 0 aliphatic carbocycles. The normalized spacial score (nSPS) is 15.7. The van der Waals surface area contributed by atoms with E-state index in [4.69, 9.17) is 39.8 Å². The highest BCUT2D eigenvalue weighted by atomic mass is 35.5. The maximum Gasteiger partial charge on any atom is 0.270 e. The monoisotopic (exact) mass is 479 g/mol. The fraction of sp³-hybridized carbons (Fsp3) is 0.0500. The Morgan fingerprint density at radius 3 is 2.76 bits per heavy atom. The molecule has 1 amide bonds. The summed E-state index contributed by atoms with van der Waals surface area (Å²) in [5.74, 6) is -0.290. The molecule has 0 bridgehead atoms. The molecule has 0 N–H and O–H groups in total. The molecule has 1 aliphatic rings. The third kappa shape index (κ3) is 3.85. The lowest BCUT2D eigenvalue weighted by Crippen LogP contribution is -2.27. The minimum absolute atomic E-state index is 0.217. The van der Waals surface area contributed by atoms with E-state index in [1.54, 1.807) is 11.8 Å². The summed E-state index contributed by atoms with van der Waals surface area (Å²) in [5.41, 5.74) is 0.825. The molecule has 0 saturated carbocycles. The lowest BCUT2D eigenvalue weighted by molar-refractivity contribution is -0.113. The van der Waals surface area contributed by atoms with Gasteiger partial charge in [0, 0.05) is 9.92 Å². The second-order valence-corrected chi connectivity index (χ2v) is 9.40. The van der Waals surface area contributed by atoms with Crippen molar-refractivity contribution in [2.75, 3.05) is 11.2 Å². The van der Waals surface area contributed by atoms with E-state index in [0.29, 0.717) is 19.9 Å². The Kier molecular flexibility index (Phi) is 5.77. The maximum atomic E-state index is 13.0. The van der Waals surface area contributed by atoms with E-state index >= 15 is 0 Å². The molecule has 4 rings (SSSR count). The minimum atomic E-state index is -0.328. The number of anilines is 1. The van der Waals surface area contributed by atoms with Crippen molar-refractivity contribution in [1.82, 2.24) is 0 Å². The van der Waals surface area contributed by atoms with E-state index in [9.17, 15) is 9.59 Å². The number of carbonyl (C=O) groups is 1. The first-order valence-electron chi connectivity index (χ1n) is 8.21. The highest BCUT2D eigenvalue weighted by Gasteiger charge is 2.33. The highest BCUT2D eigenvalue weighted by molar-refractivity contribution is 8.27. The molecule has 4 nitrogen and oxygen atoms in total. The predicted molar refractivity (Wildman–Crippen MR) is 126 cm³/mol. The number of rotatable bonds is 3. The number of hydrogen-bond acceptors (Lipinski definition) is 6. The Balaban J connectivity index is 1.76. The second-order valence-electron chi connectivity index (χ2n) is 6.00. The van der Waals surface area contributed by atoms with E-state index in [1.807, 2.05) is 30.5 Å². The van der Waals surface area contributed by atoms with Crippen molar-refractivity contribution in [3.63, 3.8) is 0 Å². The van der Waals surface area contributed by atoms with Gasteiger partial charge in [-0.25, -0.2) is 0 Å². The van der Waals surface area contributed by atoms with Gasteiger partial charge in [0.1, 0.15) is 6.26 Å². The van der Waals surface area contributed by atoms with Gasteiger partial charge in [-0.15, -0.1) is 11.8 Å². The smallest absolute Gasteiger partial charge is 0.270 e. The SMILES string of the molecule is CSc1cccc(N2C(=O)/C(=C/c3coc4c(Cl)cc(Cl)cc4c3=O)SC2=S)c1. The summed E-state index contributed by atoms with van der Waals surface area (Å²) in [7, 11) is 0. The number of amides is 1. The van der Waals surface area contributed by atoms with Crippen LogP contribution in [0.25, 0.3) is 17.0 Å². The molecule has 3 aromatic rings. The predicted octanol–water partition coefficient (Wildman–Crippen LogP) is 6.23. The molecular weight excluding hydrogens is 469 g/mol. The standard InChI is InChI=1S/C20H11Cl2NO3S3/c1-28-13-4-2-3-12(8-13)23-19(25)16(29-20(23)27)5-10-9-26-18-14(17(10)24)6-11(21)7-15(18)22/h2-9H,1H3/b16-5-. The van der Waals surface area contributed by atoms with Crippen LogP contribution in [0.3, 0.4) is 0 Å². The third-order valence-corrected chi connectivity index (χ3v) is 6.74. The zero-order chi connectivity index (χ0) is 20.7. The first kappa shape index (κ1) is 20.5. The number of thioether (sulfide) groups is 2. The molecule has 0 radical (unpaired) electrons. The van der Waals surface area contributed by atoms with E-state index in [2.05, 4.69) is 0 Å². The lowest BCUT2D eigenvalue weighted by atomic mass is 10.1. The molecule has 2 heterocycles. The Labute approximate surface area is 189 Å². The van der Waals surface area contributed by atoms with Crippen LogP contribution in [0.4, 0.5) is 5.69 Å². The molecule has 1 aliphatic heterocycles. The highest BCUT2D eigenvalue weighted by Crippen LogP contribution is 2.37. The molecular formula is C20H11Cl2NO3S3. The van der Waals surface area contributed by atoms with Crippen LogP contribution in [0.5, 0.6) is 0 Å². The fourth-order valence-electron chi connectivity index (χ4n) is 2.86. The van der Waals surface area contributed by atoms with E-state index in [-0.39, 0.29) is 32.9 Å². The molecule has 0 unspecified atom stereocenters. The summed E-state index contributed by atoms with van der Waals surface area (Å²) < 4.78 is 5.92. The molecule has 0 spiro atoms. The van der Waals surface area contributed by atoms with Crippen molar-refractivity contribution in [2.24, 2.45) is 0 Å². The van der Waals surface area contributed by atoms with Gasteiger partial charge < -0.3 is 4.42 Å². The van der Waals surface area contributed by atoms with Crippen molar-refractivity contribution in [3.05, 3.63) is 73.4 Å². The van der Waals surface area contributed by atoms with Crippen molar-refractivity contribution in [2.45, 2.75) is 4.90 Å². The van der Waals surface area contributed by atoms with Crippen LogP contribution in [-0.4, -0.2) is 16.5 Å². The number of nitrogens with zero attached hydrogens (tertiary/aromatic N) is 1. The van der Waals surface area contributed by atoms with Crippen LogP contribution in [0.1, 0.15) is 5.56 Å². The molecule has 1 fully saturated rings. The quantitative estimate of drug-likeness (QED) is 0.252.